The molecule has 0 aliphatic heterocycles. The highest BCUT2D eigenvalue weighted by Crippen LogP contribution is 2.13. The molecule has 0 aromatic heterocycles. The fourth-order valence-corrected chi connectivity index (χ4v) is 1.40. The summed E-state index contributed by atoms with van der Waals surface area (Å²) in [6, 6.07) is 15.0. The lowest BCUT2D eigenvalue weighted by atomic mass is 10.2. The van der Waals surface area contributed by atoms with E-state index < -0.39 is 0 Å². The fourth-order valence-electron chi connectivity index (χ4n) is 1.40. The Bertz CT molecular complexity index is 518. The van der Waals surface area contributed by atoms with Crippen molar-refractivity contribution in [3.05, 3.63) is 59.7 Å². The third-order valence-electron chi connectivity index (χ3n) is 2.39. The largest absolute Gasteiger partial charge is 0.507 e. The van der Waals surface area contributed by atoms with Gasteiger partial charge in [-0.1, -0.05) is 29.8 Å². The average Bonchev–Trinajstić information content (AvgIpc) is 2.34. The summed E-state index contributed by atoms with van der Waals surface area (Å²) >= 11 is 0. The molecule has 0 radical (unpaired) electrons. The molecule has 0 spiro atoms. The normalized spacial score (nSPS) is 10.6. The van der Waals surface area contributed by atoms with Crippen molar-refractivity contribution in [1.29, 1.82) is 0 Å². The van der Waals surface area contributed by atoms with Crippen molar-refractivity contribution in [1.82, 2.24) is 0 Å². The van der Waals surface area contributed by atoms with E-state index in [-0.39, 0.29) is 5.75 Å². The van der Waals surface area contributed by atoms with Gasteiger partial charge in [-0.2, -0.15) is 5.10 Å². The Kier molecular flexibility index (Phi) is 3.40. The van der Waals surface area contributed by atoms with Crippen LogP contribution in [0.25, 0.3) is 0 Å². The Morgan fingerprint density at radius 2 is 1.76 bits per heavy atom. The number of nitrogens with zero attached hydrogens (tertiary/aromatic N) is 1. The zero-order valence-electron chi connectivity index (χ0n) is 9.59. The number of phenols is 1. The van der Waals surface area contributed by atoms with Crippen molar-refractivity contribution < 1.29 is 5.11 Å². The molecule has 0 unspecified atom stereocenters. The van der Waals surface area contributed by atoms with Gasteiger partial charge in [0, 0.05) is 5.56 Å². The van der Waals surface area contributed by atoms with Crippen LogP contribution in [-0.2, 0) is 0 Å². The molecule has 17 heavy (non-hydrogen) atoms. The predicted molar refractivity (Wildman–Crippen MR) is 70.5 cm³/mol. The van der Waals surface area contributed by atoms with Gasteiger partial charge in [0.25, 0.3) is 0 Å². The number of aromatic hydroxyl groups is 1. The number of hydrazone groups is 1. The number of hydrogen-bond donors (Lipinski definition) is 2. The van der Waals surface area contributed by atoms with Gasteiger partial charge in [-0.25, -0.2) is 0 Å². The molecule has 0 fully saturated rings. The lowest BCUT2D eigenvalue weighted by Gasteiger charge is -2.01. The molecule has 0 saturated heterocycles. The van der Waals surface area contributed by atoms with Crippen molar-refractivity contribution in [2.45, 2.75) is 6.92 Å². The minimum atomic E-state index is 0.224. The van der Waals surface area contributed by atoms with Gasteiger partial charge in [0.15, 0.2) is 0 Å². The van der Waals surface area contributed by atoms with E-state index in [0.29, 0.717) is 5.56 Å². The molecule has 3 nitrogen and oxygen atoms in total. The first kappa shape index (κ1) is 11.2. The van der Waals surface area contributed by atoms with Gasteiger partial charge in [-0.05, 0) is 31.2 Å². The molecule has 0 bridgehead atoms. The quantitative estimate of drug-likeness (QED) is 0.623. The highest BCUT2D eigenvalue weighted by Gasteiger charge is 1.94. The molecule has 2 rings (SSSR count). The van der Waals surface area contributed by atoms with E-state index in [1.807, 2.05) is 37.3 Å². The molecule has 2 aromatic carbocycles. The van der Waals surface area contributed by atoms with E-state index >= 15 is 0 Å². The summed E-state index contributed by atoms with van der Waals surface area (Å²) in [5, 5.41) is 13.6. The molecule has 2 aromatic rings. The van der Waals surface area contributed by atoms with Crippen LogP contribution in [0.4, 0.5) is 5.69 Å². The summed E-state index contributed by atoms with van der Waals surface area (Å²) in [6.07, 6.45) is 1.59. The second kappa shape index (κ2) is 5.16. The molecule has 0 saturated carbocycles. The Labute approximate surface area is 100 Å². The third-order valence-corrected chi connectivity index (χ3v) is 2.39. The van der Waals surface area contributed by atoms with E-state index in [9.17, 15) is 5.11 Å². The van der Waals surface area contributed by atoms with Gasteiger partial charge >= 0.3 is 0 Å². The van der Waals surface area contributed by atoms with Crippen molar-refractivity contribution in [3.8, 4) is 5.75 Å². The summed E-state index contributed by atoms with van der Waals surface area (Å²) in [5.41, 5.74) is 5.72. The first-order valence-electron chi connectivity index (χ1n) is 5.39. The Hall–Kier alpha value is -2.29. The Morgan fingerprint density at radius 1 is 1.06 bits per heavy atom. The zero-order chi connectivity index (χ0) is 12.1. The van der Waals surface area contributed by atoms with Gasteiger partial charge in [0.05, 0.1) is 11.9 Å². The van der Waals surface area contributed by atoms with Crippen LogP contribution in [0.1, 0.15) is 11.1 Å². The number of phenolic OH excluding ortho intramolecular Hbond substituents is 1. The molecule has 3 heteroatoms. The van der Waals surface area contributed by atoms with Crippen LogP contribution < -0.4 is 5.43 Å². The molecule has 0 aliphatic rings. The highest BCUT2D eigenvalue weighted by atomic mass is 16.3. The number of hydrogen-bond acceptors (Lipinski definition) is 3. The van der Waals surface area contributed by atoms with E-state index in [0.717, 1.165) is 5.69 Å². The summed E-state index contributed by atoms with van der Waals surface area (Å²) in [7, 11) is 0. The maximum absolute atomic E-state index is 9.53. The lowest BCUT2D eigenvalue weighted by Crippen LogP contribution is -1.90. The lowest BCUT2D eigenvalue weighted by molar-refractivity contribution is 0.474. The molecule has 0 amide bonds. The average molecular weight is 226 g/mol. The van der Waals surface area contributed by atoms with Crippen LogP contribution in [0.5, 0.6) is 5.75 Å². The van der Waals surface area contributed by atoms with E-state index in [1.165, 1.54) is 5.56 Å². The van der Waals surface area contributed by atoms with Crippen LogP contribution in [0.2, 0.25) is 0 Å². The number of aryl methyl sites for hydroxylation is 1. The first-order chi connectivity index (χ1) is 8.25. The summed E-state index contributed by atoms with van der Waals surface area (Å²) in [4.78, 5) is 0. The summed E-state index contributed by atoms with van der Waals surface area (Å²) in [5.74, 6) is 0.224. The van der Waals surface area contributed by atoms with Crippen LogP contribution in [0, 0.1) is 6.92 Å². The first-order valence-corrected chi connectivity index (χ1v) is 5.39. The van der Waals surface area contributed by atoms with Gasteiger partial charge in [0.1, 0.15) is 5.75 Å². The van der Waals surface area contributed by atoms with Crippen LogP contribution in [0.15, 0.2) is 53.6 Å². The fraction of sp³-hybridized carbons (Fsp3) is 0.0714. The number of benzene rings is 2. The number of para-hydroxylation sites is 1. The standard InChI is InChI=1S/C14H14N2O/c1-11-6-8-13(9-7-11)16-15-10-12-4-2-3-5-14(12)17/h2-10,16-17H,1H3. The molecule has 2 N–H and O–H groups in total. The monoisotopic (exact) mass is 226 g/mol. The van der Waals surface area contributed by atoms with Crippen LogP contribution >= 0.6 is 0 Å². The minimum absolute atomic E-state index is 0.224. The van der Waals surface area contributed by atoms with E-state index in [4.69, 9.17) is 0 Å². The topological polar surface area (TPSA) is 44.6 Å². The van der Waals surface area contributed by atoms with Crippen LogP contribution in [-0.4, -0.2) is 11.3 Å². The van der Waals surface area contributed by atoms with Gasteiger partial charge < -0.3 is 5.11 Å². The molecule has 0 aliphatic carbocycles. The Balaban J connectivity index is 2.03. The predicted octanol–water partition coefficient (Wildman–Crippen LogP) is 3.15. The number of rotatable bonds is 3. The van der Waals surface area contributed by atoms with Crippen molar-refractivity contribution in [2.75, 3.05) is 5.43 Å². The van der Waals surface area contributed by atoms with Gasteiger partial charge in [-0.3, -0.25) is 5.43 Å². The Morgan fingerprint density at radius 3 is 2.47 bits per heavy atom. The van der Waals surface area contributed by atoms with Crippen LogP contribution in [0.3, 0.4) is 0 Å². The smallest absolute Gasteiger partial charge is 0.124 e. The van der Waals surface area contributed by atoms with Crippen molar-refractivity contribution in [2.24, 2.45) is 5.10 Å². The summed E-state index contributed by atoms with van der Waals surface area (Å²) in [6.45, 7) is 2.04. The SMILES string of the molecule is Cc1ccc(NN=Cc2ccccc2O)cc1. The molecule has 86 valence electrons. The zero-order valence-corrected chi connectivity index (χ0v) is 9.59. The molecule has 0 heterocycles. The maximum atomic E-state index is 9.53. The van der Waals surface area contributed by atoms with Crippen molar-refractivity contribution in [3.63, 3.8) is 0 Å². The molecular formula is C14H14N2O. The highest BCUT2D eigenvalue weighted by molar-refractivity contribution is 5.83. The van der Waals surface area contributed by atoms with E-state index in [2.05, 4.69) is 10.5 Å². The second-order valence-corrected chi connectivity index (χ2v) is 3.79. The maximum Gasteiger partial charge on any atom is 0.124 e. The summed E-state index contributed by atoms with van der Waals surface area (Å²) < 4.78 is 0. The minimum Gasteiger partial charge on any atom is -0.507 e. The number of nitrogens with one attached hydrogen (secondary N) is 1. The molecular weight excluding hydrogens is 212 g/mol. The van der Waals surface area contributed by atoms with Crippen molar-refractivity contribution >= 4 is 11.9 Å². The van der Waals surface area contributed by atoms with Gasteiger partial charge in [-0.15, -0.1) is 0 Å². The van der Waals surface area contributed by atoms with Gasteiger partial charge in [0.2, 0.25) is 0 Å². The third kappa shape index (κ3) is 3.08. The molecule has 0 atom stereocenters. The van der Waals surface area contributed by atoms with E-state index in [1.54, 1.807) is 24.4 Å². The number of anilines is 1. The second-order valence-electron chi connectivity index (χ2n) is 3.79.